The second-order valence-electron chi connectivity index (χ2n) is 6.23. The van der Waals surface area contributed by atoms with Crippen LogP contribution in [0.4, 0.5) is 4.39 Å². The SMILES string of the molecule is CCCC(CCC)NS(=O)(=O)c1ccc(-c2ccc(C#N)cc2F)cc1. The van der Waals surface area contributed by atoms with Crippen LogP contribution in [0, 0.1) is 17.1 Å². The van der Waals surface area contributed by atoms with Crippen molar-refractivity contribution in [2.24, 2.45) is 0 Å². The number of nitrogens with zero attached hydrogens (tertiary/aromatic N) is 1. The lowest BCUT2D eigenvalue weighted by molar-refractivity contribution is 0.494. The summed E-state index contributed by atoms with van der Waals surface area (Å²) in [7, 11) is -3.61. The van der Waals surface area contributed by atoms with E-state index < -0.39 is 15.8 Å². The van der Waals surface area contributed by atoms with Gasteiger partial charge in [0.25, 0.3) is 0 Å². The maximum atomic E-state index is 14.1. The van der Waals surface area contributed by atoms with Gasteiger partial charge in [0.2, 0.25) is 10.0 Å². The van der Waals surface area contributed by atoms with Crippen LogP contribution >= 0.6 is 0 Å². The zero-order valence-electron chi connectivity index (χ0n) is 15.0. The van der Waals surface area contributed by atoms with Crippen molar-refractivity contribution < 1.29 is 12.8 Å². The van der Waals surface area contributed by atoms with Gasteiger partial charge in [0.15, 0.2) is 0 Å². The highest BCUT2D eigenvalue weighted by atomic mass is 32.2. The highest BCUT2D eigenvalue weighted by Gasteiger charge is 2.19. The first-order valence-electron chi connectivity index (χ1n) is 8.73. The van der Waals surface area contributed by atoms with E-state index in [1.807, 2.05) is 19.9 Å². The molecule has 138 valence electrons. The summed E-state index contributed by atoms with van der Waals surface area (Å²) in [5, 5.41) is 8.81. The molecule has 0 atom stereocenters. The van der Waals surface area contributed by atoms with Crippen molar-refractivity contribution in [3.8, 4) is 17.2 Å². The van der Waals surface area contributed by atoms with Crippen molar-refractivity contribution in [3.63, 3.8) is 0 Å². The Labute approximate surface area is 154 Å². The average Bonchev–Trinajstić information content (AvgIpc) is 2.62. The van der Waals surface area contributed by atoms with Crippen LogP contribution < -0.4 is 4.72 Å². The van der Waals surface area contributed by atoms with Gasteiger partial charge in [-0.3, -0.25) is 0 Å². The molecule has 6 heteroatoms. The number of rotatable bonds is 8. The van der Waals surface area contributed by atoms with Crippen LogP contribution in [0.15, 0.2) is 47.4 Å². The highest BCUT2D eigenvalue weighted by molar-refractivity contribution is 7.89. The number of nitriles is 1. The summed E-state index contributed by atoms with van der Waals surface area (Å²) >= 11 is 0. The standard InChI is InChI=1S/C20H23FN2O2S/c1-3-5-17(6-4-2)23-26(24,25)18-10-8-16(9-11-18)19-12-7-15(14-22)13-20(19)21/h7-13,17,23H,3-6H2,1-2H3. The van der Waals surface area contributed by atoms with Crippen LogP contribution in [-0.2, 0) is 10.0 Å². The molecular formula is C20H23FN2O2S. The molecule has 0 bridgehead atoms. The van der Waals surface area contributed by atoms with E-state index in [4.69, 9.17) is 5.26 Å². The summed E-state index contributed by atoms with van der Waals surface area (Å²) in [5.74, 6) is -0.510. The van der Waals surface area contributed by atoms with E-state index in [0.717, 1.165) is 25.7 Å². The van der Waals surface area contributed by atoms with E-state index in [1.54, 1.807) is 12.1 Å². The molecule has 0 spiro atoms. The summed E-state index contributed by atoms with van der Waals surface area (Å²) in [6.45, 7) is 4.05. The fourth-order valence-electron chi connectivity index (χ4n) is 2.88. The Morgan fingerprint density at radius 3 is 2.19 bits per heavy atom. The van der Waals surface area contributed by atoms with Crippen molar-refractivity contribution in [1.29, 1.82) is 5.26 Å². The van der Waals surface area contributed by atoms with E-state index >= 15 is 0 Å². The summed E-state index contributed by atoms with van der Waals surface area (Å²) in [6, 6.07) is 12.1. The third kappa shape index (κ3) is 4.90. The molecule has 0 heterocycles. The van der Waals surface area contributed by atoms with Crippen LogP contribution in [0.2, 0.25) is 0 Å². The highest BCUT2D eigenvalue weighted by Crippen LogP contribution is 2.25. The molecule has 0 unspecified atom stereocenters. The van der Waals surface area contributed by atoms with Crippen LogP contribution in [0.5, 0.6) is 0 Å². The van der Waals surface area contributed by atoms with E-state index in [-0.39, 0.29) is 16.5 Å². The molecule has 26 heavy (non-hydrogen) atoms. The monoisotopic (exact) mass is 374 g/mol. The van der Waals surface area contributed by atoms with Gasteiger partial charge in [-0.05, 0) is 42.7 Å². The lowest BCUT2D eigenvalue weighted by atomic mass is 10.0. The zero-order chi connectivity index (χ0) is 19.2. The molecule has 0 aromatic heterocycles. The Kier molecular flexibility index (Phi) is 6.90. The molecule has 0 fully saturated rings. The minimum absolute atomic E-state index is 0.0781. The first kappa shape index (κ1) is 20.1. The second-order valence-corrected chi connectivity index (χ2v) is 7.94. The third-order valence-electron chi connectivity index (χ3n) is 4.17. The molecule has 0 saturated carbocycles. The number of halogens is 1. The number of sulfonamides is 1. The third-order valence-corrected chi connectivity index (χ3v) is 5.71. The molecule has 0 saturated heterocycles. The van der Waals surface area contributed by atoms with Gasteiger partial charge in [-0.1, -0.05) is 44.9 Å². The van der Waals surface area contributed by atoms with Crippen LogP contribution in [0.25, 0.3) is 11.1 Å². The number of hydrogen-bond acceptors (Lipinski definition) is 3. The number of hydrogen-bond donors (Lipinski definition) is 1. The van der Waals surface area contributed by atoms with Crippen molar-refractivity contribution in [1.82, 2.24) is 4.72 Å². The Morgan fingerprint density at radius 1 is 1.08 bits per heavy atom. The molecular weight excluding hydrogens is 351 g/mol. The molecule has 0 aliphatic rings. The summed E-state index contributed by atoms with van der Waals surface area (Å²) in [6.07, 6.45) is 3.40. The van der Waals surface area contributed by atoms with Crippen LogP contribution in [0.1, 0.15) is 45.1 Å². The fourth-order valence-corrected chi connectivity index (χ4v) is 4.18. The Morgan fingerprint density at radius 2 is 1.69 bits per heavy atom. The first-order valence-corrected chi connectivity index (χ1v) is 10.2. The zero-order valence-corrected chi connectivity index (χ0v) is 15.8. The lowest BCUT2D eigenvalue weighted by Gasteiger charge is -2.17. The van der Waals surface area contributed by atoms with Crippen LogP contribution in [-0.4, -0.2) is 14.5 Å². The molecule has 1 N–H and O–H groups in total. The van der Waals surface area contributed by atoms with Crippen LogP contribution in [0.3, 0.4) is 0 Å². The molecule has 0 amide bonds. The predicted octanol–water partition coefficient (Wildman–Crippen LogP) is 4.61. The van der Waals surface area contributed by atoms with E-state index in [0.29, 0.717) is 11.1 Å². The Hall–Kier alpha value is -2.23. The van der Waals surface area contributed by atoms with Gasteiger partial charge >= 0.3 is 0 Å². The van der Waals surface area contributed by atoms with Crippen molar-refractivity contribution in [2.75, 3.05) is 0 Å². The van der Waals surface area contributed by atoms with E-state index in [9.17, 15) is 12.8 Å². The van der Waals surface area contributed by atoms with Gasteiger partial charge in [0.05, 0.1) is 16.5 Å². The smallest absolute Gasteiger partial charge is 0.208 e. The molecule has 0 aliphatic carbocycles. The van der Waals surface area contributed by atoms with Crippen molar-refractivity contribution in [2.45, 2.75) is 50.5 Å². The van der Waals surface area contributed by atoms with Crippen molar-refractivity contribution >= 4 is 10.0 Å². The minimum atomic E-state index is -3.61. The van der Waals surface area contributed by atoms with Gasteiger partial charge in [-0.15, -0.1) is 0 Å². The summed E-state index contributed by atoms with van der Waals surface area (Å²) in [5.41, 5.74) is 1.13. The number of benzene rings is 2. The average molecular weight is 374 g/mol. The van der Waals surface area contributed by atoms with Gasteiger partial charge in [0.1, 0.15) is 5.82 Å². The normalized spacial score (nSPS) is 11.5. The number of nitrogens with one attached hydrogen (secondary N) is 1. The topological polar surface area (TPSA) is 70.0 Å². The molecule has 4 nitrogen and oxygen atoms in total. The summed E-state index contributed by atoms with van der Waals surface area (Å²) < 4.78 is 42.0. The Balaban J connectivity index is 2.24. The maximum absolute atomic E-state index is 14.1. The largest absolute Gasteiger partial charge is 0.240 e. The lowest BCUT2D eigenvalue weighted by Crippen LogP contribution is -2.34. The summed E-state index contributed by atoms with van der Waals surface area (Å²) in [4.78, 5) is 0.160. The first-order chi connectivity index (χ1) is 12.4. The second kappa shape index (κ2) is 8.93. The van der Waals surface area contributed by atoms with E-state index in [1.165, 1.54) is 30.3 Å². The van der Waals surface area contributed by atoms with Gasteiger partial charge < -0.3 is 0 Å². The molecule has 2 aromatic carbocycles. The maximum Gasteiger partial charge on any atom is 0.240 e. The fraction of sp³-hybridized carbons (Fsp3) is 0.350. The molecule has 2 rings (SSSR count). The van der Waals surface area contributed by atoms with E-state index in [2.05, 4.69) is 4.72 Å². The Bertz CT molecular complexity index is 881. The molecule has 0 radical (unpaired) electrons. The van der Waals surface area contributed by atoms with Gasteiger partial charge in [-0.25, -0.2) is 17.5 Å². The molecule has 2 aromatic rings. The van der Waals surface area contributed by atoms with Gasteiger partial charge in [-0.2, -0.15) is 5.26 Å². The molecule has 0 aliphatic heterocycles. The van der Waals surface area contributed by atoms with Gasteiger partial charge in [0, 0.05) is 11.6 Å². The quantitative estimate of drug-likeness (QED) is 0.733. The predicted molar refractivity (Wildman–Crippen MR) is 100 cm³/mol. The minimum Gasteiger partial charge on any atom is -0.208 e. The van der Waals surface area contributed by atoms with Crippen molar-refractivity contribution in [3.05, 3.63) is 53.8 Å².